The summed E-state index contributed by atoms with van der Waals surface area (Å²) in [6.07, 6.45) is 0. The van der Waals surface area contributed by atoms with Gasteiger partial charge in [0, 0.05) is 10.8 Å². The fourth-order valence-corrected chi connectivity index (χ4v) is 2.58. The van der Waals surface area contributed by atoms with Crippen LogP contribution < -0.4 is 0 Å². The maximum atomic E-state index is 12.6. The van der Waals surface area contributed by atoms with Gasteiger partial charge in [-0.25, -0.2) is 8.78 Å². The zero-order valence-corrected chi connectivity index (χ0v) is 6.36. The molecule has 0 aliphatic heterocycles. The molecule has 2 heterocycles. The Kier molecular flexibility index (Phi) is 1.25. The molecule has 0 unspecified atom stereocenters. The molecule has 2 rings (SSSR count). The van der Waals surface area contributed by atoms with Gasteiger partial charge in [-0.3, -0.25) is 0 Å². The standard InChI is InChI=1S/C6H2F2S2/c7-3-1-9-6-5(3)4(8)2-10-6/h1-2H. The number of rotatable bonds is 0. The summed E-state index contributed by atoms with van der Waals surface area (Å²) in [5.74, 6) is -0.891. The lowest BCUT2D eigenvalue weighted by atomic mass is 10.4. The van der Waals surface area contributed by atoms with Crippen molar-refractivity contribution in [1.29, 1.82) is 0 Å². The number of hydrogen-bond donors (Lipinski definition) is 0. The zero-order valence-electron chi connectivity index (χ0n) is 4.73. The normalized spacial score (nSPS) is 11.0. The predicted molar refractivity (Wildman–Crippen MR) is 39.6 cm³/mol. The molecular weight excluding hydrogens is 174 g/mol. The zero-order chi connectivity index (χ0) is 7.14. The highest BCUT2D eigenvalue weighted by molar-refractivity contribution is 7.36. The van der Waals surface area contributed by atoms with E-state index < -0.39 is 11.6 Å². The van der Waals surface area contributed by atoms with Gasteiger partial charge in [0.25, 0.3) is 0 Å². The molecule has 0 nitrogen and oxygen atoms in total. The van der Waals surface area contributed by atoms with Crippen LogP contribution in [0.4, 0.5) is 8.78 Å². The summed E-state index contributed by atoms with van der Waals surface area (Å²) < 4.78 is 26.0. The maximum absolute atomic E-state index is 12.6. The summed E-state index contributed by atoms with van der Waals surface area (Å²) in [7, 11) is 0. The number of thiophene rings is 2. The molecule has 10 heavy (non-hydrogen) atoms. The largest absolute Gasteiger partial charge is 0.205 e. The minimum atomic E-state index is -0.446. The van der Waals surface area contributed by atoms with E-state index in [1.165, 1.54) is 33.4 Å². The second-order valence-electron chi connectivity index (χ2n) is 1.83. The van der Waals surface area contributed by atoms with Crippen molar-refractivity contribution in [2.75, 3.05) is 0 Å². The molecule has 0 aliphatic rings. The van der Waals surface area contributed by atoms with Crippen LogP contribution in [0.2, 0.25) is 0 Å². The van der Waals surface area contributed by atoms with Crippen molar-refractivity contribution in [2.45, 2.75) is 0 Å². The molecule has 0 amide bonds. The van der Waals surface area contributed by atoms with E-state index in [1.807, 2.05) is 0 Å². The van der Waals surface area contributed by atoms with Crippen LogP contribution in [0, 0.1) is 11.6 Å². The highest BCUT2D eigenvalue weighted by Gasteiger charge is 2.09. The Hall–Kier alpha value is -0.480. The molecular formula is C6H2F2S2. The van der Waals surface area contributed by atoms with Crippen molar-refractivity contribution in [3.05, 3.63) is 22.4 Å². The van der Waals surface area contributed by atoms with E-state index >= 15 is 0 Å². The van der Waals surface area contributed by atoms with Gasteiger partial charge in [-0.2, -0.15) is 0 Å². The first-order valence-corrected chi connectivity index (χ1v) is 4.34. The maximum Gasteiger partial charge on any atom is 0.145 e. The molecule has 0 N–H and O–H groups in total. The fourth-order valence-electron chi connectivity index (χ4n) is 0.783. The van der Waals surface area contributed by atoms with Crippen LogP contribution in [-0.4, -0.2) is 0 Å². The topological polar surface area (TPSA) is 0 Å². The number of halogens is 2. The molecule has 0 fully saturated rings. The molecule has 2 aromatic heterocycles. The fraction of sp³-hybridized carbons (Fsp3) is 0. The number of hydrogen-bond acceptors (Lipinski definition) is 2. The van der Waals surface area contributed by atoms with Gasteiger partial charge in [-0.05, 0) is 0 Å². The molecule has 0 saturated carbocycles. The summed E-state index contributed by atoms with van der Waals surface area (Å²) >= 11 is 2.48. The SMILES string of the molecule is Fc1csc2scc(F)c12. The molecule has 4 heteroatoms. The first-order valence-electron chi connectivity index (χ1n) is 2.58. The summed E-state index contributed by atoms with van der Waals surface area (Å²) in [5.41, 5.74) is 0. The van der Waals surface area contributed by atoms with E-state index in [4.69, 9.17) is 0 Å². The van der Waals surface area contributed by atoms with E-state index in [1.54, 1.807) is 0 Å². The van der Waals surface area contributed by atoms with Crippen LogP contribution in [-0.2, 0) is 0 Å². The Labute approximate surface area is 63.7 Å². The van der Waals surface area contributed by atoms with Gasteiger partial charge in [0.1, 0.15) is 11.6 Å². The Morgan fingerprint density at radius 1 is 1.00 bits per heavy atom. The summed E-state index contributed by atoms with van der Waals surface area (Å²) in [5, 5.41) is 2.80. The third-order valence-corrected chi connectivity index (χ3v) is 3.28. The average molecular weight is 176 g/mol. The molecule has 0 atom stereocenters. The molecule has 52 valence electrons. The first kappa shape index (κ1) is 6.24. The van der Waals surface area contributed by atoms with Crippen molar-refractivity contribution in [2.24, 2.45) is 0 Å². The van der Waals surface area contributed by atoms with Gasteiger partial charge < -0.3 is 0 Å². The molecule has 0 spiro atoms. The summed E-state index contributed by atoms with van der Waals surface area (Å²) in [6, 6.07) is 0. The van der Waals surface area contributed by atoms with E-state index in [0.29, 0.717) is 0 Å². The third kappa shape index (κ3) is 0.690. The van der Waals surface area contributed by atoms with Crippen LogP contribution >= 0.6 is 22.7 Å². The highest BCUT2D eigenvalue weighted by atomic mass is 32.2. The van der Waals surface area contributed by atoms with Crippen LogP contribution in [0.5, 0.6) is 0 Å². The highest BCUT2D eigenvalue weighted by Crippen LogP contribution is 2.32. The predicted octanol–water partition coefficient (Wildman–Crippen LogP) is 3.24. The third-order valence-electron chi connectivity index (χ3n) is 1.22. The molecule has 0 saturated heterocycles. The Morgan fingerprint density at radius 2 is 1.50 bits per heavy atom. The summed E-state index contributed by atoms with van der Waals surface area (Å²) in [6.45, 7) is 0. The minimum absolute atomic E-state index is 0.148. The van der Waals surface area contributed by atoms with Crippen LogP contribution in [0.15, 0.2) is 10.8 Å². The lowest BCUT2D eigenvalue weighted by molar-refractivity contribution is 0.614. The molecule has 0 bridgehead atoms. The quantitative estimate of drug-likeness (QED) is 0.578. The molecule has 2 aromatic rings. The van der Waals surface area contributed by atoms with Gasteiger partial charge in [0.2, 0.25) is 0 Å². The van der Waals surface area contributed by atoms with Gasteiger partial charge in [0.05, 0.1) is 9.40 Å². The van der Waals surface area contributed by atoms with E-state index in [9.17, 15) is 8.78 Å². The van der Waals surface area contributed by atoms with Crippen molar-refractivity contribution >= 4 is 32.1 Å². The Balaban J connectivity index is 2.98. The second kappa shape index (κ2) is 2.00. The van der Waals surface area contributed by atoms with Crippen molar-refractivity contribution < 1.29 is 8.78 Å². The van der Waals surface area contributed by atoms with Crippen LogP contribution in [0.1, 0.15) is 0 Å². The van der Waals surface area contributed by atoms with Crippen LogP contribution in [0.3, 0.4) is 0 Å². The van der Waals surface area contributed by atoms with Crippen molar-refractivity contribution in [3.8, 4) is 0 Å². The van der Waals surface area contributed by atoms with Gasteiger partial charge >= 0.3 is 0 Å². The summed E-state index contributed by atoms with van der Waals surface area (Å²) in [4.78, 5) is 0. The second-order valence-corrected chi connectivity index (χ2v) is 3.85. The smallest absolute Gasteiger partial charge is 0.145 e. The number of fused-ring (bicyclic) bond motifs is 1. The minimum Gasteiger partial charge on any atom is -0.205 e. The monoisotopic (exact) mass is 176 g/mol. The lowest BCUT2D eigenvalue weighted by Gasteiger charge is -1.77. The molecule has 0 radical (unpaired) electrons. The van der Waals surface area contributed by atoms with Gasteiger partial charge in [-0.1, -0.05) is 0 Å². The molecule has 0 aliphatic carbocycles. The average Bonchev–Trinajstić information content (AvgIpc) is 2.40. The Bertz CT molecular complexity index is 329. The van der Waals surface area contributed by atoms with Gasteiger partial charge in [0.15, 0.2) is 0 Å². The van der Waals surface area contributed by atoms with Crippen molar-refractivity contribution in [3.63, 3.8) is 0 Å². The lowest BCUT2D eigenvalue weighted by Crippen LogP contribution is -1.67. The van der Waals surface area contributed by atoms with Crippen molar-refractivity contribution in [1.82, 2.24) is 0 Å². The Morgan fingerprint density at radius 3 is 1.90 bits per heavy atom. The van der Waals surface area contributed by atoms with Crippen LogP contribution in [0.25, 0.3) is 9.40 Å². The van der Waals surface area contributed by atoms with E-state index in [0.717, 1.165) is 4.01 Å². The van der Waals surface area contributed by atoms with Gasteiger partial charge in [-0.15, -0.1) is 22.7 Å². The molecule has 0 aromatic carbocycles. The first-order chi connectivity index (χ1) is 4.79. The van der Waals surface area contributed by atoms with E-state index in [2.05, 4.69) is 0 Å². The van der Waals surface area contributed by atoms with E-state index in [-0.39, 0.29) is 5.39 Å².